The van der Waals surface area contributed by atoms with Crippen LogP contribution in [0.25, 0.3) is 11.5 Å². The van der Waals surface area contributed by atoms with Crippen LogP contribution in [0.4, 0.5) is 11.4 Å². The molecule has 0 unspecified atom stereocenters. The minimum absolute atomic E-state index is 0.00259. The number of carbonyl (C=O) groups excluding carboxylic acids is 1. The van der Waals surface area contributed by atoms with Gasteiger partial charge in [0.05, 0.1) is 19.8 Å². The van der Waals surface area contributed by atoms with Gasteiger partial charge in [-0.2, -0.15) is 4.98 Å². The minimum Gasteiger partial charge on any atom is -0.378 e. The van der Waals surface area contributed by atoms with Crippen molar-refractivity contribution in [2.24, 2.45) is 0 Å². The number of aromatic nitrogens is 3. The molecule has 3 aromatic rings. The number of rotatable bonds is 6. The topological polar surface area (TPSA) is 96.6 Å². The average molecular weight is 449 g/mol. The van der Waals surface area contributed by atoms with Crippen LogP contribution in [0.2, 0.25) is 0 Å². The molecular weight excluding hydrogens is 420 g/mol. The lowest BCUT2D eigenvalue weighted by atomic mass is 9.97. The average Bonchev–Trinajstić information content (AvgIpc) is 3.36. The van der Waals surface area contributed by atoms with Gasteiger partial charge in [0.25, 0.3) is 0 Å². The SMILES string of the molecule is O=C(CN1CCC(c2nc(-c3ccccn3)no2)CC1)Nc1ccc(N2CCOCC2)cc1. The van der Waals surface area contributed by atoms with Gasteiger partial charge in [0.2, 0.25) is 17.6 Å². The van der Waals surface area contributed by atoms with E-state index in [0.29, 0.717) is 24.0 Å². The molecule has 0 spiro atoms. The number of benzene rings is 1. The number of morpholine rings is 1. The molecule has 5 rings (SSSR count). The van der Waals surface area contributed by atoms with Gasteiger partial charge in [-0.1, -0.05) is 11.2 Å². The Morgan fingerprint density at radius 1 is 1.03 bits per heavy atom. The summed E-state index contributed by atoms with van der Waals surface area (Å²) in [5, 5.41) is 7.09. The molecule has 1 aromatic carbocycles. The summed E-state index contributed by atoms with van der Waals surface area (Å²) in [4.78, 5) is 25.8. The lowest BCUT2D eigenvalue weighted by Gasteiger charge is -2.30. The van der Waals surface area contributed by atoms with E-state index in [1.165, 1.54) is 0 Å². The molecule has 0 radical (unpaired) electrons. The normalized spacial score (nSPS) is 17.8. The van der Waals surface area contributed by atoms with Crippen molar-refractivity contribution >= 4 is 17.3 Å². The molecule has 0 atom stereocenters. The molecule has 33 heavy (non-hydrogen) atoms. The van der Waals surface area contributed by atoms with Crippen molar-refractivity contribution in [3.63, 3.8) is 0 Å². The van der Waals surface area contributed by atoms with E-state index in [9.17, 15) is 4.79 Å². The fourth-order valence-corrected chi connectivity index (χ4v) is 4.32. The van der Waals surface area contributed by atoms with E-state index in [2.05, 4.69) is 42.4 Å². The van der Waals surface area contributed by atoms with Gasteiger partial charge in [0, 0.05) is 36.6 Å². The third kappa shape index (κ3) is 5.37. The number of likely N-dealkylation sites (tertiary alicyclic amines) is 1. The smallest absolute Gasteiger partial charge is 0.238 e. The number of nitrogens with zero attached hydrogens (tertiary/aromatic N) is 5. The molecule has 172 valence electrons. The quantitative estimate of drug-likeness (QED) is 0.615. The number of carbonyl (C=O) groups is 1. The summed E-state index contributed by atoms with van der Waals surface area (Å²) in [5.41, 5.74) is 2.69. The molecule has 9 heteroatoms. The van der Waals surface area contributed by atoms with Crippen molar-refractivity contribution in [1.82, 2.24) is 20.0 Å². The fraction of sp³-hybridized carbons (Fsp3) is 0.417. The highest BCUT2D eigenvalue weighted by atomic mass is 16.5. The van der Waals surface area contributed by atoms with Crippen molar-refractivity contribution < 1.29 is 14.1 Å². The van der Waals surface area contributed by atoms with E-state index >= 15 is 0 Å². The Labute approximate surface area is 192 Å². The largest absolute Gasteiger partial charge is 0.378 e. The number of anilines is 2. The number of hydrogen-bond acceptors (Lipinski definition) is 8. The molecule has 0 aliphatic carbocycles. The van der Waals surface area contributed by atoms with Gasteiger partial charge >= 0.3 is 0 Å². The number of ether oxygens (including phenoxy) is 1. The Bertz CT molecular complexity index is 1040. The third-order valence-corrected chi connectivity index (χ3v) is 6.17. The predicted molar refractivity (Wildman–Crippen MR) is 124 cm³/mol. The molecule has 2 aromatic heterocycles. The Morgan fingerprint density at radius 3 is 2.55 bits per heavy atom. The summed E-state index contributed by atoms with van der Waals surface area (Å²) in [7, 11) is 0. The van der Waals surface area contributed by atoms with Gasteiger partial charge in [0.15, 0.2) is 0 Å². The van der Waals surface area contributed by atoms with E-state index in [-0.39, 0.29) is 11.8 Å². The molecule has 2 fully saturated rings. The summed E-state index contributed by atoms with van der Waals surface area (Å²) >= 11 is 0. The summed E-state index contributed by atoms with van der Waals surface area (Å²) in [5.74, 6) is 1.39. The highest BCUT2D eigenvalue weighted by molar-refractivity contribution is 5.92. The van der Waals surface area contributed by atoms with Crippen LogP contribution < -0.4 is 10.2 Å². The second-order valence-electron chi connectivity index (χ2n) is 8.42. The molecule has 0 bridgehead atoms. The van der Waals surface area contributed by atoms with E-state index in [1.54, 1.807) is 6.20 Å². The van der Waals surface area contributed by atoms with Crippen LogP contribution in [0.5, 0.6) is 0 Å². The lowest BCUT2D eigenvalue weighted by molar-refractivity contribution is -0.117. The maximum absolute atomic E-state index is 12.6. The lowest BCUT2D eigenvalue weighted by Crippen LogP contribution is -2.38. The fourth-order valence-electron chi connectivity index (χ4n) is 4.32. The molecule has 4 heterocycles. The monoisotopic (exact) mass is 448 g/mol. The number of amides is 1. The van der Waals surface area contributed by atoms with E-state index in [0.717, 1.165) is 63.6 Å². The second-order valence-corrected chi connectivity index (χ2v) is 8.42. The molecule has 1 N–H and O–H groups in total. The van der Waals surface area contributed by atoms with Gasteiger partial charge in [0.1, 0.15) is 5.69 Å². The molecule has 0 saturated carbocycles. The van der Waals surface area contributed by atoms with Crippen LogP contribution in [0.3, 0.4) is 0 Å². The first-order chi connectivity index (χ1) is 16.2. The van der Waals surface area contributed by atoms with Crippen LogP contribution in [0.1, 0.15) is 24.7 Å². The number of hydrogen-bond donors (Lipinski definition) is 1. The maximum atomic E-state index is 12.6. The zero-order chi connectivity index (χ0) is 22.5. The third-order valence-electron chi connectivity index (χ3n) is 6.17. The predicted octanol–water partition coefficient (Wildman–Crippen LogP) is 2.79. The first kappa shape index (κ1) is 21.5. The second kappa shape index (κ2) is 10.1. The highest BCUT2D eigenvalue weighted by Gasteiger charge is 2.26. The zero-order valence-electron chi connectivity index (χ0n) is 18.5. The highest BCUT2D eigenvalue weighted by Crippen LogP contribution is 2.28. The Morgan fingerprint density at radius 2 is 1.82 bits per heavy atom. The van der Waals surface area contributed by atoms with Gasteiger partial charge in [-0.05, 0) is 62.3 Å². The molecule has 2 aliphatic heterocycles. The maximum Gasteiger partial charge on any atom is 0.238 e. The van der Waals surface area contributed by atoms with Gasteiger partial charge in [-0.15, -0.1) is 0 Å². The molecular formula is C24H28N6O3. The van der Waals surface area contributed by atoms with Crippen molar-refractivity contribution in [2.75, 3.05) is 56.2 Å². The zero-order valence-corrected chi connectivity index (χ0v) is 18.5. The Hall–Kier alpha value is -3.30. The summed E-state index contributed by atoms with van der Waals surface area (Å²) < 4.78 is 10.9. The van der Waals surface area contributed by atoms with Gasteiger partial charge in [-0.25, -0.2) is 0 Å². The standard InChI is InChI=1S/C24H28N6O3/c31-22(26-19-4-6-20(7-5-19)30-13-15-32-16-14-30)17-29-11-8-18(9-12-29)24-27-23(28-33-24)21-3-1-2-10-25-21/h1-7,10,18H,8-9,11-17H2,(H,26,31). The van der Waals surface area contributed by atoms with Crippen molar-refractivity contribution in [1.29, 1.82) is 0 Å². The van der Waals surface area contributed by atoms with Crippen molar-refractivity contribution in [3.05, 3.63) is 54.6 Å². The first-order valence-corrected chi connectivity index (χ1v) is 11.4. The summed E-state index contributed by atoms with van der Waals surface area (Å²) in [6.07, 6.45) is 3.48. The van der Waals surface area contributed by atoms with E-state index < -0.39 is 0 Å². The van der Waals surface area contributed by atoms with Gasteiger partial charge in [-0.3, -0.25) is 14.7 Å². The van der Waals surface area contributed by atoms with Crippen LogP contribution >= 0.6 is 0 Å². The molecule has 2 saturated heterocycles. The Kier molecular flexibility index (Phi) is 6.59. The van der Waals surface area contributed by atoms with E-state index in [1.807, 2.05) is 30.3 Å². The number of pyridine rings is 1. The summed E-state index contributed by atoms with van der Waals surface area (Å²) in [6.45, 7) is 5.32. The minimum atomic E-state index is 0.00259. The first-order valence-electron chi connectivity index (χ1n) is 11.4. The molecule has 2 aliphatic rings. The molecule has 9 nitrogen and oxygen atoms in total. The van der Waals surface area contributed by atoms with Crippen LogP contribution in [-0.2, 0) is 9.53 Å². The van der Waals surface area contributed by atoms with Crippen molar-refractivity contribution in [3.8, 4) is 11.5 Å². The van der Waals surface area contributed by atoms with Gasteiger partial charge < -0.3 is 19.5 Å². The number of nitrogens with one attached hydrogen (secondary N) is 1. The Balaban J connectivity index is 1.09. The molecule has 1 amide bonds. The van der Waals surface area contributed by atoms with Crippen LogP contribution in [0, 0.1) is 0 Å². The van der Waals surface area contributed by atoms with Crippen LogP contribution in [0.15, 0.2) is 53.2 Å². The van der Waals surface area contributed by atoms with Crippen molar-refractivity contribution in [2.45, 2.75) is 18.8 Å². The number of piperidine rings is 1. The van der Waals surface area contributed by atoms with E-state index in [4.69, 9.17) is 9.26 Å². The van der Waals surface area contributed by atoms with Crippen LogP contribution in [-0.4, -0.2) is 71.9 Å². The summed E-state index contributed by atoms with van der Waals surface area (Å²) in [6, 6.07) is 13.7.